The van der Waals surface area contributed by atoms with Crippen molar-refractivity contribution in [3.05, 3.63) is 63.3 Å². The maximum Gasteiger partial charge on any atom is 0.275 e. The lowest BCUT2D eigenvalue weighted by Gasteiger charge is -2.34. The predicted octanol–water partition coefficient (Wildman–Crippen LogP) is 3.78. The van der Waals surface area contributed by atoms with Crippen LogP contribution in [0.3, 0.4) is 0 Å². The third-order valence-electron chi connectivity index (χ3n) is 4.96. The fourth-order valence-electron chi connectivity index (χ4n) is 3.39. The summed E-state index contributed by atoms with van der Waals surface area (Å²) in [5.74, 6) is -0.315. The maximum atomic E-state index is 12.9. The van der Waals surface area contributed by atoms with Crippen LogP contribution in [0.5, 0.6) is 0 Å². The topological polar surface area (TPSA) is 69.3 Å². The molecule has 28 heavy (non-hydrogen) atoms. The van der Waals surface area contributed by atoms with Crippen molar-refractivity contribution < 1.29 is 9.59 Å². The maximum absolute atomic E-state index is 12.9. The second-order valence-electron chi connectivity index (χ2n) is 6.81. The van der Waals surface area contributed by atoms with Gasteiger partial charge in [-0.15, -0.1) is 0 Å². The van der Waals surface area contributed by atoms with Gasteiger partial charge in [-0.25, -0.2) is 0 Å². The van der Waals surface area contributed by atoms with Gasteiger partial charge in [0.25, 0.3) is 11.8 Å². The zero-order valence-corrected chi connectivity index (χ0v) is 16.7. The molecule has 4 rings (SSSR count). The lowest BCUT2D eigenvalue weighted by Crippen LogP contribution is -2.50. The molecule has 0 aliphatic carbocycles. The van der Waals surface area contributed by atoms with Gasteiger partial charge >= 0.3 is 0 Å². The molecule has 144 valence electrons. The van der Waals surface area contributed by atoms with Gasteiger partial charge in [-0.2, -0.15) is 5.10 Å². The number of nitrogens with zero attached hydrogens (tertiary/aromatic N) is 3. The van der Waals surface area contributed by atoms with Crippen molar-refractivity contribution >= 4 is 45.9 Å². The summed E-state index contributed by atoms with van der Waals surface area (Å²) in [5, 5.41) is 8.53. The molecule has 2 amide bonds. The quantitative estimate of drug-likeness (QED) is 0.690. The summed E-state index contributed by atoms with van der Waals surface area (Å²) in [5.41, 5.74) is 2.69. The molecule has 0 radical (unpaired) electrons. The van der Waals surface area contributed by atoms with Crippen LogP contribution in [0.2, 0.25) is 10.0 Å². The molecule has 2 aromatic carbocycles. The highest BCUT2D eigenvalue weighted by Crippen LogP contribution is 2.27. The zero-order valence-electron chi connectivity index (χ0n) is 15.2. The standard InChI is InChI=1S/C20H18Cl2N4O2/c1-12-5-6-16-14(11-12)18(24-23-16)20(28)26-9-7-25(8-10-26)19(27)13-3-2-4-15(21)17(13)22/h2-6,11H,7-10H2,1H3,(H,23,24). The Bertz CT molecular complexity index is 1070. The Balaban J connectivity index is 1.48. The third kappa shape index (κ3) is 3.34. The lowest BCUT2D eigenvalue weighted by molar-refractivity contribution is 0.0533. The van der Waals surface area contributed by atoms with Crippen molar-refractivity contribution in [3.8, 4) is 0 Å². The monoisotopic (exact) mass is 416 g/mol. The Labute approximate surface area is 172 Å². The van der Waals surface area contributed by atoms with Crippen LogP contribution < -0.4 is 0 Å². The summed E-state index contributed by atoms with van der Waals surface area (Å²) in [6, 6.07) is 10.8. The molecule has 2 heterocycles. The van der Waals surface area contributed by atoms with Gasteiger partial charge in [-0.1, -0.05) is 40.9 Å². The summed E-state index contributed by atoms with van der Waals surface area (Å²) in [7, 11) is 0. The molecule has 6 nitrogen and oxygen atoms in total. The number of nitrogens with one attached hydrogen (secondary N) is 1. The lowest BCUT2D eigenvalue weighted by atomic mass is 10.1. The molecule has 1 aliphatic rings. The summed E-state index contributed by atoms with van der Waals surface area (Å²) in [4.78, 5) is 29.1. The largest absolute Gasteiger partial charge is 0.335 e. The molecular weight excluding hydrogens is 399 g/mol. The number of fused-ring (bicyclic) bond motifs is 1. The first kappa shape index (κ1) is 18.8. The van der Waals surface area contributed by atoms with Gasteiger partial charge < -0.3 is 9.80 Å². The van der Waals surface area contributed by atoms with Crippen LogP contribution in [-0.4, -0.2) is 58.0 Å². The van der Waals surface area contributed by atoms with Gasteiger partial charge in [-0.3, -0.25) is 14.7 Å². The van der Waals surface area contributed by atoms with E-state index in [4.69, 9.17) is 23.2 Å². The summed E-state index contributed by atoms with van der Waals surface area (Å²) in [6.45, 7) is 3.70. The smallest absolute Gasteiger partial charge is 0.275 e. The fraction of sp³-hybridized carbons (Fsp3) is 0.250. The number of H-pyrrole nitrogens is 1. The van der Waals surface area contributed by atoms with Crippen molar-refractivity contribution in [1.29, 1.82) is 0 Å². The molecule has 1 saturated heterocycles. The van der Waals surface area contributed by atoms with Gasteiger partial charge in [0.15, 0.2) is 5.69 Å². The molecule has 1 aliphatic heterocycles. The van der Waals surface area contributed by atoms with Gasteiger partial charge in [-0.05, 0) is 31.2 Å². The van der Waals surface area contributed by atoms with Crippen LogP contribution in [0.15, 0.2) is 36.4 Å². The Morgan fingerprint density at radius 1 is 1.00 bits per heavy atom. The van der Waals surface area contributed by atoms with Crippen molar-refractivity contribution in [3.63, 3.8) is 0 Å². The van der Waals surface area contributed by atoms with E-state index in [9.17, 15) is 9.59 Å². The molecule has 1 aromatic heterocycles. The normalized spacial score (nSPS) is 14.5. The number of amides is 2. The van der Waals surface area contributed by atoms with Crippen LogP contribution >= 0.6 is 23.2 Å². The molecule has 0 saturated carbocycles. The van der Waals surface area contributed by atoms with E-state index in [1.165, 1.54) is 0 Å². The number of rotatable bonds is 2. The van der Waals surface area contributed by atoms with Crippen LogP contribution in [0.25, 0.3) is 10.9 Å². The molecule has 0 atom stereocenters. The van der Waals surface area contributed by atoms with Crippen LogP contribution in [0.4, 0.5) is 0 Å². The fourth-order valence-corrected chi connectivity index (χ4v) is 3.77. The highest BCUT2D eigenvalue weighted by Gasteiger charge is 2.28. The zero-order chi connectivity index (χ0) is 19.8. The highest BCUT2D eigenvalue weighted by atomic mass is 35.5. The third-order valence-corrected chi connectivity index (χ3v) is 5.78. The molecule has 3 aromatic rings. The second kappa shape index (κ2) is 7.45. The Hall–Kier alpha value is -2.57. The van der Waals surface area contributed by atoms with E-state index in [2.05, 4.69) is 10.2 Å². The highest BCUT2D eigenvalue weighted by molar-refractivity contribution is 6.43. The van der Waals surface area contributed by atoms with Crippen LogP contribution in [-0.2, 0) is 0 Å². The number of piperazine rings is 1. The van der Waals surface area contributed by atoms with Gasteiger partial charge in [0.2, 0.25) is 0 Å². The SMILES string of the molecule is Cc1ccc2[nH]nc(C(=O)N3CCN(C(=O)c4cccc(Cl)c4Cl)CC3)c2c1. The Morgan fingerprint density at radius 3 is 2.39 bits per heavy atom. The first-order valence-corrected chi connectivity index (χ1v) is 9.68. The first-order chi connectivity index (χ1) is 13.5. The number of carbonyl (C=O) groups excluding carboxylic acids is 2. The van der Waals surface area contributed by atoms with Crippen LogP contribution in [0, 0.1) is 6.92 Å². The number of aromatic nitrogens is 2. The number of hydrogen-bond acceptors (Lipinski definition) is 3. The summed E-state index contributed by atoms with van der Waals surface area (Å²) in [6.07, 6.45) is 0. The average molecular weight is 417 g/mol. The summed E-state index contributed by atoms with van der Waals surface area (Å²) >= 11 is 12.2. The van der Waals surface area contributed by atoms with E-state index in [-0.39, 0.29) is 16.8 Å². The van der Waals surface area contributed by atoms with E-state index in [1.54, 1.807) is 28.0 Å². The van der Waals surface area contributed by atoms with Crippen molar-refractivity contribution in [2.24, 2.45) is 0 Å². The molecule has 0 spiro atoms. The van der Waals surface area contributed by atoms with Crippen molar-refractivity contribution in [2.45, 2.75) is 6.92 Å². The summed E-state index contributed by atoms with van der Waals surface area (Å²) < 4.78 is 0. The molecular formula is C20H18Cl2N4O2. The number of hydrogen-bond donors (Lipinski definition) is 1. The van der Waals surface area contributed by atoms with Gasteiger partial charge in [0, 0.05) is 31.6 Å². The molecule has 1 N–H and O–H groups in total. The van der Waals surface area contributed by atoms with E-state index in [0.29, 0.717) is 42.5 Å². The molecule has 8 heteroatoms. The van der Waals surface area contributed by atoms with Gasteiger partial charge in [0.1, 0.15) is 0 Å². The number of aromatic amines is 1. The number of carbonyl (C=O) groups is 2. The van der Waals surface area contributed by atoms with E-state index < -0.39 is 0 Å². The minimum atomic E-state index is -0.180. The number of halogens is 2. The van der Waals surface area contributed by atoms with Crippen molar-refractivity contribution in [1.82, 2.24) is 20.0 Å². The number of benzene rings is 2. The van der Waals surface area contributed by atoms with E-state index in [1.807, 2.05) is 25.1 Å². The van der Waals surface area contributed by atoms with Gasteiger partial charge in [0.05, 0.1) is 21.1 Å². The number of aryl methyl sites for hydroxylation is 1. The Kier molecular flexibility index (Phi) is 5.00. The molecule has 1 fully saturated rings. The van der Waals surface area contributed by atoms with E-state index >= 15 is 0 Å². The second-order valence-corrected chi connectivity index (χ2v) is 7.59. The predicted molar refractivity (Wildman–Crippen MR) is 109 cm³/mol. The minimum absolute atomic E-state index is 0.135. The van der Waals surface area contributed by atoms with Crippen molar-refractivity contribution in [2.75, 3.05) is 26.2 Å². The van der Waals surface area contributed by atoms with E-state index in [0.717, 1.165) is 16.5 Å². The van der Waals surface area contributed by atoms with Crippen LogP contribution in [0.1, 0.15) is 26.4 Å². The molecule has 0 bridgehead atoms. The average Bonchev–Trinajstić information content (AvgIpc) is 3.12. The molecule has 0 unspecified atom stereocenters. The minimum Gasteiger partial charge on any atom is -0.335 e. The first-order valence-electron chi connectivity index (χ1n) is 8.93. The Morgan fingerprint density at radius 2 is 1.68 bits per heavy atom.